The largest absolute Gasteiger partial charge is 0.483 e. The minimum absolute atomic E-state index is 0.0577. The van der Waals surface area contributed by atoms with Gasteiger partial charge >= 0.3 is 0 Å². The number of benzene rings is 1. The van der Waals surface area contributed by atoms with Crippen LogP contribution in [-0.4, -0.2) is 31.5 Å². The third-order valence-corrected chi connectivity index (χ3v) is 3.17. The third-order valence-electron chi connectivity index (χ3n) is 3.17. The molecule has 17 heavy (non-hydrogen) atoms. The molecule has 4 nitrogen and oxygen atoms in total. The van der Waals surface area contributed by atoms with Gasteiger partial charge in [0.1, 0.15) is 17.7 Å². The number of nitrogen functional groups attached to an aromatic ring is 1. The van der Waals surface area contributed by atoms with E-state index in [1.54, 1.807) is 0 Å². The minimum Gasteiger partial charge on any atom is -0.483 e. The van der Waals surface area contributed by atoms with Crippen LogP contribution < -0.4 is 10.5 Å². The van der Waals surface area contributed by atoms with Crippen molar-refractivity contribution in [3.8, 4) is 5.75 Å². The zero-order valence-electron chi connectivity index (χ0n) is 9.27. The molecule has 5 heteroatoms. The van der Waals surface area contributed by atoms with E-state index in [2.05, 4.69) is 0 Å². The Morgan fingerprint density at radius 3 is 3.12 bits per heavy atom. The lowest BCUT2D eigenvalue weighted by atomic mass is 10.1. The van der Waals surface area contributed by atoms with Crippen molar-refractivity contribution in [2.45, 2.75) is 24.7 Å². The summed E-state index contributed by atoms with van der Waals surface area (Å²) in [5.74, 6) is -0.00763. The van der Waals surface area contributed by atoms with Crippen molar-refractivity contribution in [1.82, 2.24) is 0 Å². The van der Waals surface area contributed by atoms with Crippen molar-refractivity contribution in [1.29, 1.82) is 0 Å². The Kier molecular flexibility index (Phi) is 2.64. The van der Waals surface area contributed by atoms with Gasteiger partial charge < -0.3 is 19.9 Å². The van der Waals surface area contributed by atoms with E-state index >= 15 is 0 Å². The zero-order chi connectivity index (χ0) is 11.8. The molecule has 0 aliphatic carbocycles. The Labute approximate surface area is 98.5 Å². The monoisotopic (exact) mass is 239 g/mol. The molecule has 2 aliphatic heterocycles. The maximum atomic E-state index is 13.1. The van der Waals surface area contributed by atoms with Crippen LogP contribution in [0.2, 0.25) is 0 Å². The smallest absolute Gasteiger partial charge is 0.151 e. The summed E-state index contributed by atoms with van der Waals surface area (Å²) in [4.78, 5) is 0. The Bertz CT molecular complexity index is 426. The van der Waals surface area contributed by atoms with Crippen LogP contribution in [0, 0.1) is 5.82 Å². The molecule has 2 N–H and O–H groups in total. The van der Waals surface area contributed by atoms with Crippen molar-refractivity contribution >= 4 is 5.69 Å². The SMILES string of the molecule is Nc1ccc(F)cc1OC1CO[C@@H]2CCO[C@H]12. The Hall–Kier alpha value is -1.33. The van der Waals surface area contributed by atoms with Gasteiger partial charge in [-0.1, -0.05) is 0 Å². The van der Waals surface area contributed by atoms with Gasteiger partial charge in [-0.2, -0.15) is 0 Å². The highest BCUT2D eigenvalue weighted by molar-refractivity contribution is 5.52. The van der Waals surface area contributed by atoms with Gasteiger partial charge in [0.2, 0.25) is 0 Å². The highest BCUT2D eigenvalue weighted by atomic mass is 19.1. The average molecular weight is 239 g/mol. The van der Waals surface area contributed by atoms with Crippen molar-refractivity contribution < 1.29 is 18.6 Å². The summed E-state index contributed by atoms with van der Waals surface area (Å²) >= 11 is 0. The third kappa shape index (κ3) is 1.96. The molecule has 1 unspecified atom stereocenters. The van der Waals surface area contributed by atoms with E-state index in [4.69, 9.17) is 19.9 Å². The Morgan fingerprint density at radius 1 is 1.35 bits per heavy atom. The molecule has 2 saturated heterocycles. The maximum absolute atomic E-state index is 13.1. The molecule has 0 amide bonds. The topological polar surface area (TPSA) is 53.7 Å². The van der Waals surface area contributed by atoms with Crippen LogP contribution in [0.4, 0.5) is 10.1 Å². The summed E-state index contributed by atoms with van der Waals surface area (Å²) in [5.41, 5.74) is 6.16. The van der Waals surface area contributed by atoms with Gasteiger partial charge in [0.15, 0.2) is 6.10 Å². The normalized spacial score (nSPS) is 31.5. The zero-order valence-corrected chi connectivity index (χ0v) is 9.27. The Morgan fingerprint density at radius 2 is 2.24 bits per heavy atom. The molecule has 1 aromatic rings. The van der Waals surface area contributed by atoms with Crippen LogP contribution in [0.1, 0.15) is 6.42 Å². The standard InChI is InChI=1S/C12H14FNO3/c13-7-1-2-8(14)10(5-7)17-11-6-16-9-3-4-15-12(9)11/h1-2,5,9,11-12H,3-4,6,14H2/t9-,11?,12+/m1/s1. The fraction of sp³-hybridized carbons (Fsp3) is 0.500. The van der Waals surface area contributed by atoms with Crippen molar-refractivity contribution in [3.63, 3.8) is 0 Å². The van der Waals surface area contributed by atoms with Crippen LogP contribution in [0.5, 0.6) is 5.75 Å². The van der Waals surface area contributed by atoms with Gasteiger partial charge in [0.05, 0.1) is 18.4 Å². The molecule has 0 aromatic heterocycles. The molecule has 2 aliphatic rings. The van der Waals surface area contributed by atoms with Crippen LogP contribution in [0.3, 0.4) is 0 Å². The van der Waals surface area contributed by atoms with Crippen LogP contribution in [-0.2, 0) is 9.47 Å². The predicted molar refractivity (Wildman–Crippen MR) is 59.3 cm³/mol. The number of hydrogen-bond acceptors (Lipinski definition) is 4. The molecule has 3 rings (SSSR count). The van der Waals surface area contributed by atoms with Crippen LogP contribution >= 0.6 is 0 Å². The second-order valence-electron chi connectivity index (χ2n) is 4.33. The minimum atomic E-state index is -0.364. The second-order valence-corrected chi connectivity index (χ2v) is 4.33. The van der Waals surface area contributed by atoms with Gasteiger partial charge in [-0.3, -0.25) is 0 Å². The Balaban J connectivity index is 1.76. The summed E-state index contributed by atoms with van der Waals surface area (Å²) in [7, 11) is 0. The lowest BCUT2D eigenvalue weighted by molar-refractivity contribution is 0.0310. The maximum Gasteiger partial charge on any atom is 0.151 e. The van der Waals surface area contributed by atoms with Gasteiger partial charge in [-0.25, -0.2) is 4.39 Å². The van der Waals surface area contributed by atoms with Crippen molar-refractivity contribution in [3.05, 3.63) is 24.0 Å². The number of hydrogen-bond donors (Lipinski definition) is 1. The lowest BCUT2D eigenvalue weighted by Crippen LogP contribution is -2.32. The second kappa shape index (κ2) is 4.16. The van der Waals surface area contributed by atoms with Gasteiger partial charge in [-0.05, 0) is 18.6 Å². The lowest BCUT2D eigenvalue weighted by Gasteiger charge is -2.19. The molecule has 0 saturated carbocycles. The molecule has 92 valence electrons. The fourth-order valence-corrected chi connectivity index (χ4v) is 2.30. The number of anilines is 1. The summed E-state index contributed by atoms with van der Waals surface area (Å²) in [5, 5.41) is 0. The first-order valence-electron chi connectivity index (χ1n) is 5.69. The summed E-state index contributed by atoms with van der Waals surface area (Å²) in [6.45, 7) is 1.15. The van der Waals surface area contributed by atoms with Gasteiger partial charge in [0, 0.05) is 12.7 Å². The molecule has 0 bridgehead atoms. The number of ether oxygens (including phenoxy) is 3. The first kappa shape index (κ1) is 10.8. The van der Waals surface area contributed by atoms with Crippen LogP contribution in [0.25, 0.3) is 0 Å². The van der Waals surface area contributed by atoms with E-state index in [0.29, 0.717) is 24.7 Å². The predicted octanol–water partition coefficient (Wildman–Crippen LogP) is 1.34. The summed E-state index contributed by atoms with van der Waals surface area (Å²) < 4.78 is 29.9. The molecule has 2 fully saturated rings. The van der Waals surface area contributed by atoms with Crippen molar-refractivity contribution in [2.24, 2.45) is 0 Å². The molecule has 3 atom stereocenters. The summed E-state index contributed by atoms with van der Waals surface area (Å²) in [6.07, 6.45) is 0.738. The molecule has 0 radical (unpaired) electrons. The quantitative estimate of drug-likeness (QED) is 0.791. The first-order valence-corrected chi connectivity index (χ1v) is 5.69. The van der Waals surface area contributed by atoms with E-state index < -0.39 is 0 Å². The van der Waals surface area contributed by atoms with Crippen LogP contribution in [0.15, 0.2) is 18.2 Å². The van der Waals surface area contributed by atoms with E-state index in [-0.39, 0.29) is 24.1 Å². The highest BCUT2D eigenvalue weighted by Gasteiger charge is 2.43. The van der Waals surface area contributed by atoms with E-state index in [0.717, 1.165) is 6.42 Å². The fourth-order valence-electron chi connectivity index (χ4n) is 2.30. The number of rotatable bonds is 2. The van der Waals surface area contributed by atoms with E-state index in [9.17, 15) is 4.39 Å². The van der Waals surface area contributed by atoms with Gasteiger partial charge in [-0.15, -0.1) is 0 Å². The van der Waals surface area contributed by atoms with Gasteiger partial charge in [0.25, 0.3) is 0 Å². The number of nitrogens with two attached hydrogens (primary N) is 1. The summed E-state index contributed by atoms with van der Waals surface area (Å²) in [6, 6.07) is 4.09. The molecule has 1 aromatic carbocycles. The number of halogens is 1. The van der Waals surface area contributed by atoms with E-state index in [1.165, 1.54) is 18.2 Å². The average Bonchev–Trinajstić information content (AvgIpc) is 2.88. The molecular weight excluding hydrogens is 225 g/mol. The molecular formula is C12H14FNO3. The van der Waals surface area contributed by atoms with E-state index in [1.807, 2.05) is 0 Å². The molecule has 2 heterocycles. The molecule has 0 spiro atoms. The highest BCUT2D eigenvalue weighted by Crippen LogP contribution is 2.31. The first-order chi connectivity index (χ1) is 8.24. The number of fused-ring (bicyclic) bond motifs is 1. The van der Waals surface area contributed by atoms with Crippen molar-refractivity contribution in [2.75, 3.05) is 18.9 Å².